The molecule has 0 amide bonds. The van der Waals surface area contributed by atoms with Crippen molar-refractivity contribution in [2.45, 2.75) is 79.1 Å². The predicted molar refractivity (Wildman–Crippen MR) is 98.5 cm³/mol. The van der Waals surface area contributed by atoms with E-state index in [0.717, 1.165) is 19.1 Å². The van der Waals surface area contributed by atoms with Crippen molar-refractivity contribution in [1.82, 2.24) is 0 Å². The highest BCUT2D eigenvalue weighted by molar-refractivity contribution is 5.36. The Labute approximate surface area is 143 Å². The Morgan fingerprint density at radius 2 is 1.87 bits per heavy atom. The molecular formula is C22H36O. The largest absolute Gasteiger partial charge is 0.381 e. The summed E-state index contributed by atoms with van der Waals surface area (Å²) in [5.74, 6) is 0.793. The summed E-state index contributed by atoms with van der Waals surface area (Å²) in [7, 11) is 0. The molecule has 1 heteroatoms. The van der Waals surface area contributed by atoms with Gasteiger partial charge in [0.15, 0.2) is 0 Å². The van der Waals surface area contributed by atoms with Crippen LogP contribution in [0.25, 0.3) is 0 Å². The maximum absolute atomic E-state index is 5.94. The van der Waals surface area contributed by atoms with Gasteiger partial charge < -0.3 is 4.74 Å². The van der Waals surface area contributed by atoms with Crippen LogP contribution in [0.1, 0.15) is 79.1 Å². The second kappa shape index (κ2) is 6.06. The van der Waals surface area contributed by atoms with Crippen molar-refractivity contribution in [3.63, 3.8) is 0 Å². The number of allylic oxidation sites excluding steroid dienone is 3. The molecule has 130 valence electrons. The summed E-state index contributed by atoms with van der Waals surface area (Å²) >= 11 is 0. The lowest BCUT2D eigenvalue weighted by atomic mass is 9.47. The van der Waals surface area contributed by atoms with Crippen LogP contribution in [0, 0.1) is 22.2 Å². The highest BCUT2D eigenvalue weighted by Gasteiger charge is 2.54. The van der Waals surface area contributed by atoms with E-state index in [0.29, 0.717) is 10.8 Å². The summed E-state index contributed by atoms with van der Waals surface area (Å²) < 4.78 is 5.94. The second-order valence-corrected chi connectivity index (χ2v) is 9.09. The quantitative estimate of drug-likeness (QED) is 0.553. The van der Waals surface area contributed by atoms with Gasteiger partial charge >= 0.3 is 0 Å². The van der Waals surface area contributed by atoms with Gasteiger partial charge in [-0.1, -0.05) is 44.4 Å². The molecule has 3 rings (SSSR count). The van der Waals surface area contributed by atoms with Crippen LogP contribution in [0.15, 0.2) is 23.8 Å². The lowest BCUT2D eigenvalue weighted by Gasteiger charge is -2.58. The van der Waals surface area contributed by atoms with Gasteiger partial charge in [-0.2, -0.15) is 0 Å². The van der Waals surface area contributed by atoms with E-state index in [9.17, 15) is 0 Å². The van der Waals surface area contributed by atoms with E-state index in [1.165, 1.54) is 51.4 Å². The maximum Gasteiger partial charge on any atom is 0.0522 e. The number of ether oxygens (including phenoxy) is 1. The lowest BCUT2D eigenvalue weighted by molar-refractivity contribution is -0.0624. The van der Waals surface area contributed by atoms with Gasteiger partial charge in [-0.25, -0.2) is 0 Å². The minimum atomic E-state index is 0.259. The van der Waals surface area contributed by atoms with Crippen LogP contribution in [0.5, 0.6) is 0 Å². The molecule has 0 aromatic carbocycles. The van der Waals surface area contributed by atoms with Gasteiger partial charge in [-0.15, -0.1) is 6.58 Å². The van der Waals surface area contributed by atoms with E-state index in [4.69, 9.17) is 4.74 Å². The summed E-state index contributed by atoms with van der Waals surface area (Å²) in [6, 6.07) is 0. The van der Waals surface area contributed by atoms with Gasteiger partial charge in [-0.05, 0) is 68.6 Å². The van der Waals surface area contributed by atoms with Gasteiger partial charge in [0.2, 0.25) is 0 Å². The first kappa shape index (κ1) is 17.3. The first-order valence-electron chi connectivity index (χ1n) is 9.84. The number of fused-ring (bicyclic) bond motifs is 2. The number of rotatable bonds is 4. The smallest absolute Gasteiger partial charge is 0.0522 e. The highest BCUT2D eigenvalue weighted by Crippen LogP contribution is 2.64. The molecular weight excluding hydrogens is 280 g/mol. The van der Waals surface area contributed by atoms with E-state index >= 15 is 0 Å². The normalized spacial score (nSPS) is 43.7. The molecule has 1 saturated carbocycles. The number of hydrogen-bond acceptors (Lipinski definition) is 1. The van der Waals surface area contributed by atoms with Crippen molar-refractivity contribution in [1.29, 1.82) is 0 Å². The average molecular weight is 317 g/mol. The third-order valence-corrected chi connectivity index (χ3v) is 7.69. The topological polar surface area (TPSA) is 9.23 Å². The van der Waals surface area contributed by atoms with Crippen molar-refractivity contribution in [3.8, 4) is 0 Å². The third-order valence-electron chi connectivity index (χ3n) is 7.69. The minimum absolute atomic E-state index is 0.259. The van der Waals surface area contributed by atoms with Crippen molar-refractivity contribution < 1.29 is 4.74 Å². The summed E-state index contributed by atoms with van der Waals surface area (Å²) in [4.78, 5) is 0. The molecule has 3 aliphatic rings. The third kappa shape index (κ3) is 2.64. The fourth-order valence-corrected chi connectivity index (χ4v) is 6.37. The van der Waals surface area contributed by atoms with Crippen LogP contribution in [-0.4, -0.2) is 13.2 Å². The standard InChI is InChI=1S/C22H36O/c1-6-20(3)13-8-10-18-17(20)11-12-19-21(4,16-23-7-2)14-9-15-22(18,19)5/h6,19H,1,7-16H2,2-5H3/t19?,20-,21-,22?/m0/s1. The molecule has 3 aliphatic carbocycles. The SMILES string of the molecule is C=C[C@@]1(C)CCCC2=C1CCC1C2(C)CCC[C@@]1(C)COCC. The molecule has 23 heavy (non-hydrogen) atoms. The van der Waals surface area contributed by atoms with E-state index in [2.05, 4.69) is 40.3 Å². The molecule has 4 atom stereocenters. The van der Waals surface area contributed by atoms with Crippen LogP contribution in [0.3, 0.4) is 0 Å². The fourth-order valence-electron chi connectivity index (χ4n) is 6.37. The fraction of sp³-hybridized carbons (Fsp3) is 0.818. The van der Waals surface area contributed by atoms with E-state index < -0.39 is 0 Å². The Hall–Kier alpha value is -0.560. The first-order valence-corrected chi connectivity index (χ1v) is 9.84. The molecule has 0 saturated heterocycles. The van der Waals surface area contributed by atoms with Crippen molar-refractivity contribution in [2.75, 3.05) is 13.2 Å². The van der Waals surface area contributed by atoms with Crippen molar-refractivity contribution in [3.05, 3.63) is 23.8 Å². The molecule has 0 aromatic heterocycles. The first-order chi connectivity index (χ1) is 10.9. The average Bonchev–Trinajstić information content (AvgIpc) is 2.53. The highest BCUT2D eigenvalue weighted by atomic mass is 16.5. The van der Waals surface area contributed by atoms with Crippen LogP contribution in [0.4, 0.5) is 0 Å². The van der Waals surface area contributed by atoms with E-state index in [1.807, 2.05) is 5.57 Å². The Balaban J connectivity index is 2.00. The molecule has 1 fully saturated rings. The molecule has 1 nitrogen and oxygen atoms in total. The summed E-state index contributed by atoms with van der Waals surface area (Å²) in [5, 5.41) is 0. The molecule has 0 spiro atoms. The van der Waals surface area contributed by atoms with E-state index in [1.54, 1.807) is 5.57 Å². The molecule has 0 N–H and O–H groups in total. The van der Waals surface area contributed by atoms with E-state index in [-0.39, 0.29) is 5.41 Å². The van der Waals surface area contributed by atoms with Gasteiger partial charge in [0.25, 0.3) is 0 Å². The molecule has 0 bridgehead atoms. The molecule has 0 heterocycles. The van der Waals surface area contributed by atoms with Crippen LogP contribution in [0.2, 0.25) is 0 Å². The Kier molecular flexibility index (Phi) is 4.55. The minimum Gasteiger partial charge on any atom is -0.381 e. The lowest BCUT2D eigenvalue weighted by Crippen LogP contribution is -2.50. The zero-order chi connectivity index (χ0) is 16.7. The zero-order valence-corrected chi connectivity index (χ0v) is 15.8. The Bertz CT molecular complexity index is 504. The summed E-state index contributed by atoms with van der Waals surface area (Å²) in [6.07, 6.45) is 12.9. The maximum atomic E-state index is 5.94. The second-order valence-electron chi connectivity index (χ2n) is 9.09. The summed E-state index contributed by atoms with van der Waals surface area (Å²) in [5.41, 5.74) is 4.62. The Morgan fingerprint density at radius 3 is 2.57 bits per heavy atom. The number of hydrogen-bond donors (Lipinski definition) is 0. The molecule has 0 radical (unpaired) electrons. The van der Waals surface area contributed by atoms with Gasteiger partial charge in [-0.3, -0.25) is 0 Å². The molecule has 0 aromatic rings. The zero-order valence-electron chi connectivity index (χ0n) is 15.8. The van der Waals surface area contributed by atoms with Gasteiger partial charge in [0.1, 0.15) is 0 Å². The van der Waals surface area contributed by atoms with Crippen molar-refractivity contribution >= 4 is 0 Å². The summed E-state index contributed by atoms with van der Waals surface area (Å²) in [6.45, 7) is 15.6. The van der Waals surface area contributed by atoms with Crippen LogP contribution in [-0.2, 0) is 4.74 Å². The predicted octanol–water partition coefficient (Wildman–Crippen LogP) is 6.30. The van der Waals surface area contributed by atoms with Gasteiger partial charge in [0.05, 0.1) is 6.61 Å². The van der Waals surface area contributed by atoms with Crippen molar-refractivity contribution in [2.24, 2.45) is 22.2 Å². The van der Waals surface area contributed by atoms with Crippen LogP contribution < -0.4 is 0 Å². The van der Waals surface area contributed by atoms with Crippen LogP contribution >= 0.6 is 0 Å². The van der Waals surface area contributed by atoms with Gasteiger partial charge in [0, 0.05) is 12.0 Å². The molecule has 2 unspecified atom stereocenters. The Morgan fingerprint density at radius 1 is 1.09 bits per heavy atom. The molecule has 0 aliphatic heterocycles. The monoisotopic (exact) mass is 316 g/mol.